The Labute approximate surface area is 183 Å². The maximum Gasteiger partial charge on any atom is 0.208 e. The van der Waals surface area contributed by atoms with Gasteiger partial charge in [-0.25, -0.2) is 4.98 Å². The van der Waals surface area contributed by atoms with E-state index in [-0.39, 0.29) is 0 Å². The van der Waals surface area contributed by atoms with Crippen LogP contribution in [0, 0.1) is 0 Å². The predicted octanol–water partition coefficient (Wildman–Crippen LogP) is 7.05. The van der Waals surface area contributed by atoms with Gasteiger partial charge in [-0.05, 0) is 55.2 Å². The predicted molar refractivity (Wildman–Crippen MR) is 130 cm³/mol. The molecule has 3 aromatic rings. The van der Waals surface area contributed by atoms with E-state index in [1.807, 2.05) is 0 Å². The summed E-state index contributed by atoms with van der Waals surface area (Å²) in [5, 5.41) is 3.57. The fourth-order valence-electron chi connectivity index (χ4n) is 3.76. The number of aromatic nitrogens is 2. The smallest absolute Gasteiger partial charge is 0.208 e. The zero-order valence-electron chi connectivity index (χ0n) is 18.1. The summed E-state index contributed by atoms with van der Waals surface area (Å²) in [6.07, 6.45) is 5.81. The second-order valence-electron chi connectivity index (χ2n) is 7.61. The Hall–Kier alpha value is -2.01. The molecule has 2 aromatic carbocycles. The van der Waals surface area contributed by atoms with Crippen molar-refractivity contribution in [1.82, 2.24) is 9.55 Å². The topological polar surface area (TPSA) is 33.1 Å². The zero-order valence-corrected chi connectivity index (χ0v) is 19.7. The summed E-state index contributed by atoms with van der Waals surface area (Å²) in [7, 11) is 2.11. The number of anilines is 3. The van der Waals surface area contributed by atoms with Gasteiger partial charge in [-0.3, -0.25) is 0 Å². The van der Waals surface area contributed by atoms with Gasteiger partial charge >= 0.3 is 0 Å². The third kappa shape index (κ3) is 4.95. The van der Waals surface area contributed by atoms with Gasteiger partial charge in [0.05, 0.1) is 16.7 Å². The summed E-state index contributed by atoms with van der Waals surface area (Å²) < 4.78 is 3.31. The van der Waals surface area contributed by atoms with Crippen molar-refractivity contribution in [3.05, 3.63) is 46.4 Å². The number of nitrogens with one attached hydrogen (secondary N) is 1. The number of hydrogen-bond acceptors (Lipinski definition) is 3. The minimum absolute atomic E-state index is 0.885. The standard InChI is InChI=1S/C24H33BrN4/c1-5-8-15-29(16-9-6-2)22-12-10-11-21-23(22)28(4)24(27-21)26-20-14-13-19(25)17-18(20)7-3/h10-14,17H,5-9,15-16H2,1-4H3,(H,26,27). The molecular formula is C24H33BrN4. The molecule has 0 fully saturated rings. The third-order valence-electron chi connectivity index (χ3n) is 5.47. The van der Waals surface area contributed by atoms with Crippen LogP contribution in [0.3, 0.4) is 0 Å². The molecule has 0 atom stereocenters. The normalized spacial score (nSPS) is 11.2. The molecular weight excluding hydrogens is 424 g/mol. The Bertz CT molecular complexity index is 939. The van der Waals surface area contributed by atoms with Crippen molar-refractivity contribution in [1.29, 1.82) is 0 Å². The summed E-state index contributed by atoms with van der Waals surface area (Å²) in [5.41, 5.74) is 5.93. The summed E-state index contributed by atoms with van der Waals surface area (Å²) in [4.78, 5) is 7.46. The monoisotopic (exact) mass is 456 g/mol. The maximum atomic E-state index is 4.92. The molecule has 0 unspecified atom stereocenters. The van der Waals surface area contributed by atoms with Crippen molar-refractivity contribution in [2.75, 3.05) is 23.3 Å². The lowest BCUT2D eigenvalue weighted by Crippen LogP contribution is -2.26. The van der Waals surface area contributed by atoms with Gasteiger partial charge in [-0.15, -0.1) is 0 Å². The fourth-order valence-corrected chi connectivity index (χ4v) is 4.17. The van der Waals surface area contributed by atoms with Crippen LogP contribution in [0.2, 0.25) is 0 Å². The first-order valence-electron chi connectivity index (χ1n) is 10.8. The summed E-state index contributed by atoms with van der Waals surface area (Å²) >= 11 is 3.58. The lowest BCUT2D eigenvalue weighted by Gasteiger charge is -2.25. The molecule has 0 aliphatic rings. The van der Waals surface area contributed by atoms with E-state index in [2.05, 4.69) is 94.9 Å². The molecule has 156 valence electrons. The average molecular weight is 457 g/mol. The molecule has 0 aliphatic carbocycles. The SMILES string of the molecule is CCCCN(CCCC)c1cccc2nc(Nc3ccc(Br)cc3CC)n(C)c12. The number of aryl methyl sites for hydroxylation is 2. The van der Waals surface area contributed by atoms with Crippen molar-refractivity contribution in [2.24, 2.45) is 7.05 Å². The Kier molecular flexibility index (Phi) is 7.59. The van der Waals surface area contributed by atoms with Crippen LogP contribution in [0.15, 0.2) is 40.9 Å². The number of unbranched alkanes of at least 4 members (excludes halogenated alkanes) is 2. The molecule has 5 heteroatoms. The van der Waals surface area contributed by atoms with Gasteiger partial charge < -0.3 is 14.8 Å². The van der Waals surface area contributed by atoms with Crippen LogP contribution in [-0.4, -0.2) is 22.6 Å². The molecule has 0 spiro atoms. The van der Waals surface area contributed by atoms with Gasteiger partial charge in [0.1, 0.15) is 0 Å². The van der Waals surface area contributed by atoms with Gasteiger partial charge in [-0.1, -0.05) is 55.6 Å². The Balaban J connectivity index is 2.00. The van der Waals surface area contributed by atoms with Crippen molar-refractivity contribution in [3.8, 4) is 0 Å². The summed E-state index contributed by atoms with van der Waals surface area (Å²) in [6.45, 7) is 8.88. The van der Waals surface area contributed by atoms with E-state index < -0.39 is 0 Å². The van der Waals surface area contributed by atoms with Crippen molar-refractivity contribution >= 4 is 44.3 Å². The van der Waals surface area contributed by atoms with Gasteiger partial charge in [0, 0.05) is 30.3 Å². The molecule has 1 aromatic heterocycles. The average Bonchev–Trinajstić information content (AvgIpc) is 3.05. The molecule has 0 amide bonds. The lowest BCUT2D eigenvalue weighted by atomic mass is 10.1. The first-order valence-corrected chi connectivity index (χ1v) is 11.6. The molecule has 1 heterocycles. The second kappa shape index (κ2) is 10.1. The number of imidazole rings is 1. The molecule has 0 radical (unpaired) electrons. The van der Waals surface area contributed by atoms with Crippen molar-refractivity contribution in [2.45, 2.75) is 52.9 Å². The highest BCUT2D eigenvalue weighted by atomic mass is 79.9. The highest BCUT2D eigenvalue weighted by molar-refractivity contribution is 9.10. The number of hydrogen-bond donors (Lipinski definition) is 1. The van der Waals surface area contributed by atoms with Crippen LogP contribution in [0.1, 0.15) is 52.0 Å². The van der Waals surface area contributed by atoms with Crippen LogP contribution < -0.4 is 10.2 Å². The first-order chi connectivity index (χ1) is 14.1. The number of halogens is 1. The minimum Gasteiger partial charge on any atom is -0.370 e. The highest BCUT2D eigenvalue weighted by Crippen LogP contribution is 2.32. The number of para-hydroxylation sites is 1. The molecule has 0 saturated carbocycles. The van der Waals surface area contributed by atoms with Gasteiger partial charge in [0.2, 0.25) is 5.95 Å². The quantitative estimate of drug-likeness (QED) is 0.354. The second-order valence-corrected chi connectivity index (χ2v) is 8.53. The van der Waals surface area contributed by atoms with Crippen molar-refractivity contribution in [3.63, 3.8) is 0 Å². The molecule has 3 rings (SSSR count). The Morgan fingerprint density at radius 1 is 1.03 bits per heavy atom. The van der Waals surface area contributed by atoms with E-state index in [0.717, 1.165) is 41.1 Å². The molecule has 4 nitrogen and oxygen atoms in total. The number of fused-ring (bicyclic) bond motifs is 1. The van der Waals surface area contributed by atoms with E-state index in [1.165, 1.54) is 42.5 Å². The number of nitrogens with zero attached hydrogens (tertiary/aromatic N) is 3. The van der Waals surface area contributed by atoms with Crippen LogP contribution in [-0.2, 0) is 13.5 Å². The van der Waals surface area contributed by atoms with E-state index >= 15 is 0 Å². The zero-order chi connectivity index (χ0) is 20.8. The lowest BCUT2D eigenvalue weighted by molar-refractivity contribution is 0.678. The molecule has 0 aliphatic heterocycles. The van der Waals surface area contributed by atoms with E-state index in [4.69, 9.17) is 4.98 Å². The van der Waals surface area contributed by atoms with E-state index in [1.54, 1.807) is 0 Å². The maximum absolute atomic E-state index is 4.92. The highest BCUT2D eigenvalue weighted by Gasteiger charge is 2.16. The molecule has 29 heavy (non-hydrogen) atoms. The third-order valence-corrected chi connectivity index (χ3v) is 5.96. The largest absolute Gasteiger partial charge is 0.370 e. The van der Waals surface area contributed by atoms with Gasteiger partial charge in [-0.2, -0.15) is 0 Å². The fraction of sp³-hybridized carbons (Fsp3) is 0.458. The molecule has 1 N–H and O–H groups in total. The van der Waals surface area contributed by atoms with Crippen molar-refractivity contribution < 1.29 is 0 Å². The van der Waals surface area contributed by atoms with Crippen LogP contribution >= 0.6 is 15.9 Å². The Morgan fingerprint density at radius 3 is 2.41 bits per heavy atom. The van der Waals surface area contributed by atoms with Gasteiger partial charge in [0.15, 0.2) is 0 Å². The number of rotatable bonds is 10. The Morgan fingerprint density at radius 2 is 1.76 bits per heavy atom. The number of benzene rings is 2. The summed E-state index contributed by atoms with van der Waals surface area (Å²) in [5.74, 6) is 0.885. The van der Waals surface area contributed by atoms with Crippen LogP contribution in [0.4, 0.5) is 17.3 Å². The molecule has 0 bridgehead atoms. The van der Waals surface area contributed by atoms with Crippen LogP contribution in [0.25, 0.3) is 11.0 Å². The minimum atomic E-state index is 0.885. The van der Waals surface area contributed by atoms with Crippen LogP contribution in [0.5, 0.6) is 0 Å². The molecule has 0 saturated heterocycles. The van der Waals surface area contributed by atoms with E-state index in [9.17, 15) is 0 Å². The van der Waals surface area contributed by atoms with Gasteiger partial charge in [0.25, 0.3) is 0 Å². The van der Waals surface area contributed by atoms with E-state index in [0.29, 0.717) is 0 Å². The first kappa shape index (κ1) is 21.7. The summed E-state index contributed by atoms with van der Waals surface area (Å²) in [6, 6.07) is 12.9.